The Labute approximate surface area is 124 Å². The number of amides is 2. The van der Waals surface area contributed by atoms with Crippen LogP contribution in [-0.2, 0) is 4.79 Å². The summed E-state index contributed by atoms with van der Waals surface area (Å²) in [7, 11) is 0. The van der Waals surface area contributed by atoms with Gasteiger partial charge in [-0.25, -0.2) is 4.79 Å². The molecule has 1 aromatic carbocycles. The smallest absolute Gasteiger partial charge is 0.319 e. The van der Waals surface area contributed by atoms with Gasteiger partial charge in [-0.1, -0.05) is 12.5 Å². The first-order chi connectivity index (χ1) is 9.97. The lowest BCUT2D eigenvalue weighted by Gasteiger charge is -2.16. The summed E-state index contributed by atoms with van der Waals surface area (Å²) in [6.07, 6.45) is 2.49. The van der Waals surface area contributed by atoms with Crippen molar-refractivity contribution < 1.29 is 14.7 Å². The molecule has 0 heterocycles. The monoisotopic (exact) mass is 290 g/mol. The highest BCUT2D eigenvalue weighted by atomic mass is 16.4. The van der Waals surface area contributed by atoms with Crippen LogP contribution in [0.2, 0.25) is 0 Å². The predicted molar refractivity (Wildman–Crippen MR) is 81.4 cm³/mol. The molecule has 114 valence electrons. The van der Waals surface area contributed by atoms with Gasteiger partial charge in [0.2, 0.25) is 0 Å². The number of urea groups is 1. The molecule has 5 heteroatoms. The van der Waals surface area contributed by atoms with Crippen molar-refractivity contribution in [3.63, 3.8) is 0 Å². The van der Waals surface area contributed by atoms with Crippen LogP contribution in [0.3, 0.4) is 0 Å². The first-order valence-electron chi connectivity index (χ1n) is 7.32. The molecule has 1 saturated carbocycles. The summed E-state index contributed by atoms with van der Waals surface area (Å²) in [5, 5.41) is 14.7. The van der Waals surface area contributed by atoms with E-state index >= 15 is 0 Å². The lowest BCUT2D eigenvalue weighted by molar-refractivity contribution is -0.142. The van der Waals surface area contributed by atoms with Gasteiger partial charge in [0.1, 0.15) is 0 Å². The Morgan fingerprint density at radius 2 is 2.00 bits per heavy atom. The largest absolute Gasteiger partial charge is 0.481 e. The zero-order valence-electron chi connectivity index (χ0n) is 12.5. The Bertz CT molecular complexity index is 542. The second kappa shape index (κ2) is 6.61. The molecule has 3 N–H and O–H groups in total. The minimum atomic E-state index is -0.756. The molecule has 21 heavy (non-hydrogen) atoms. The maximum atomic E-state index is 11.9. The van der Waals surface area contributed by atoms with Crippen LogP contribution in [0, 0.1) is 25.7 Å². The van der Waals surface area contributed by atoms with Gasteiger partial charge in [-0.2, -0.15) is 0 Å². The molecule has 1 fully saturated rings. The van der Waals surface area contributed by atoms with Gasteiger partial charge in [0.15, 0.2) is 0 Å². The Morgan fingerprint density at radius 3 is 2.67 bits per heavy atom. The molecule has 1 aliphatic rings. The maximum absolute atomic E-state index is 11.9. The van der Waals surface area contributed by atoms with Crippen LogP contribution in [0.1, 0.15) is 30.4 Å². The number of benzene rings is 1. The molecule has 2 unspecified atom stereocenters. The van der Waals surface area contributed by atoms with Gasteiger partial charge in [-0.05, 0) is 55.9 Å². The highest BCUT2D eigenvalue weighted by Gasteiger charge is 2.32. The van der Waals surface area contributed by atoms with Gasteiger partial charge in [-0.15, -0.1) is 0 Å². The third-order valence-corrected chi connectivity index (χ3v) is 4.27. The zero-order chi connectivity index (χ0) is 15.4. The Morgan fingerprint density at radius 1 is 1.24 bits per heavy atom. The van der Waals surface area contributed by atoms with Gasteiger partial charge in [-0.3, -0.25) is 4.79 Å². The molecular formula is C16H22N2O3. The lowest BCUT2D eigenvalue weighted by Crippen LogP contribution is -2.35. The van der Waals surface area contributed by atoms with Gasteiger partial charge >= 0.3 is 12.0 Å². The molecule has 1 aromatic rings. The quantitative estimate of drug-likeness (QED) is 0.797. The molecule has 0 aromatic heterocycles. The van der Waals surface area contributed by atoms with E-state index in [0.717, 1.165) is 24.1 Å². The molecule has 0 spiro atoms. The van der Waals surface area contributed by atoms with E-state index in [4.69, 9.17) is 5.11 Å². The molecule has 0 saturated heterocycles. The number of carboxylic acids is 1. The standard InChI is InChI=1S/C16H22N2O3/c1-10-6-7-13(8-11(10)2)18-16(21)17-9-12-4-3-5-14(12)15(19)20/h6-8,12,14H,3-5,9H2,1-2H3,(H,19,20)(H2,17,18,21). The maximum Gasteiger partial charge on any atom is 0.319 e. The van der Waals surface area contributed by atoms with E-state index < -0.39 is 5.97 Å². The van der Waals surface area contributed by atoms with Crippen LogP contribution in [-0.4, -0.2) is 23.7 Å². The average Bonchev–Trinajstić information content (AvgIpc) is 2.89. The van der Waals surface area contributed by atoms with Crippen molar-refractivity contribution in [2.75, 3.05) is 11.9 Å². The van der Waals surface area contributed by atoms with E-state index in [2.05, 4.69) is 10.6 Å². The van der Waals surface area contributed by atoms with Crippen LogP contribution in [0.4, 0.5) is 10.5 Å². The fraction of sp³-hybridized carbons (Fsp3) is 0.500. The molecule has 0 radical (unpaired) electrons. The topological polar surface area (TPSA) is 78.4 Å². The van der Waals surface area contributed by atoms with Crippen LogP contribution >= 0.6 is 0 Å². The number of carboxylic acid groups (broad SMARTS) is 1. The van der Waals surface area contributed by atoms with Crippen LogP contribution < -0.4 is 10.6 Å². The third kappa shape index (κ3) is 3.97. The molecule has 5 nitrogen and oxygen atoms in total. The van der Waals surface area contributed by atoms with E-state index in [1.54, 1.807) is 0 Å². The summed E-state index contributed by atoms with van der Waals surface area (Å²) in [6, 6.07) is 5.46. The summed E-state index contributed by atoms with van der Waals surface area (Å²) in [5.74, 6) is -1.05. The van der Waals surface area contributed by atoms with E-state index in [0.29, 0.717) is 13.0 Å². The molecule has 2 atom stereocenters. The number of hydrogen-bond acceptors (Lipinski definition) is 2. The van der Waals surface area contributed by atoms with E-state index in [1.807, 2.05) is 32.0 Å². The molecular weight excluding hydrogens is 268 g/mol. The first kappa shape index (κ1) is 15.4. The molecule has 2 rings (SSSR count). The molecule has 0 aliphatic heterocycles. The van der Waals surface area contributed by atoms with Crippen molar-refractivity contribution >= 4 is 17.7 Å². The van der Waals surface area contributed by atoms with Crippen molar-refractivity contribution in [1.29, 1.82) is 0 Å². The van der Waals surface area contributed by atoms with Crippen molar-refractivity contribution in [2.45, 2.75) is 33.1 Å². The van der Waals surface area contributed by atoms with E-state index in [9.17, 15) is 9.59 Å². The summed E-state index contributed by atoms with van der Waals surface area (Å²) in [6.45, 7) is 4.42. The Balaban J connectivity index is 1.84. The molecule has 1 aliphatic carbocycles. The van der Waals surface area contributed by atoms with Gasteiger partial charge < -0.3 is 15.7 Å². The second-order valence-corrected chi connectivity index (χ2v) is 5.77. The predicted octanol–water partition coefficient (Wildman–Crippen LogP) is 2.93. The number of carbonyl (C=O) groups excluding carboxylic acids is 1. The lowest BCUT2D eigenvalue weighted by atomic mass is 9.96. The minimum absolute atomic E-state index is 0.0352. The SMILES string of the molecule is Cc1ccc(NC(=O)NCC2CCCC2C(=O)O)cc1C. The number of rotatable bonds is 4. The number of carbonyl (C=O) groups is 2. The highest BCUT2D eigenvalue weighted by Crippen LogP contribution is 2.31. The summed E-state index contributed by atoms with van der Waals surface area (Å²) in [5.41, 5.74) is 3.04. The normalized spacial score (nSPS) is 21.0. The van der Waals surface area contributed by atoms with Gasteiger partial charge in [0.25, 0.3) is 0 Å². The fourth-order valence-electron chi connectivity index (χ4n) is 2.82. The Kier molecular flexibility index (Phi) is 4.83. The van der Waals surface area contributed by atoms with Crippen molar-refractivity contribution in [3.8, 4) is 0 Å². The first-order valence-corrected chi connectivity index (χ1v) is 7.32. The summed E-state index contributed by atoms with van der Waals surface area (Å²) >= 11 is 0. The number of anilines is 1. The number of hydrogen-bond donors (Lipinski definition) is 3. The zero-order valence-corrected chi connectivity index (χ0v) is 12.5. The summed E-state index contributed by atoms with van der Waals surface area (Å²) in [4.78, 5) is 23.0. The van der Waals surface area contributed by atoms with Gasteiger partial charge in [0.05, 0.1) is 5.92 Å². The average molecular weight is 290 g/mol. The van der Waals surface area contributed by atoms with E-state index in [-0.39, 0.29) is 17.9 Å². The van der Waals surface area contributed by atoms with Crippen LogP contribution in [0.5, 0.6) is 0 Å². The molecule has 2 amide bonds. The van der Waals surface area contributed by atoms with Gasteiger partial charge in [0, 0.05) is 12.2 Å². The summed E-state index contributed by atoms with van der Waals surface area (Å²) < 4.78 is 0. The molecule has 0 bridgehead atoms. The number of nitrogens with one attached hydrogen (secondary N) is 2. The van der Waals surface area contributed by atoms with Crippen molar-refractivity contribution in [1.82, 2.24) is 5.32 Å². The number of aliphatic carboxylic acids is 1. The van der Waals surface area contributed by atoms with Crippen molar-refractivity contribution in [3.05, 3.63) is 29.3 Å². The third-order valence-electron chi connectivity index (χ3n) is 4.27. The number of aryl methyl sites for hydroxylation is 2. The van der Waals surface area contributed by atoms with Crippen molar-refractivity contribution in [2.24, 2.45) is 11.8 Å². The fourth-order valence-corrected chi connectivity index (χ4v) is 2.82. The van der Waals surface area contributed by atoms with Crippen LogP contribution in [0.25, 0.3) is 0 Å². The highest BCUT2D eigenvalue weighted by molar-refractivity contribution is 5.89. The van der Waals surface area contributed by atoms with Crippen LogP contribution in [0.15, 0.2) is 18.2 Å². The Hall–Kier alpha value is -2.04. The minimum Gasteiger partial charge on any atom is -0.481 e. The second-order valence-electron chi connectivity index (χ2n) is 5.77. The van der Waals surface area contributed by atoms with E-state index in [1.165, 1.54) is 5.56 Å².